The van der Waals surface area contributed by atoms with Gasteiger partial charge in [-0.15, -0.1) is 11.3 Å². The van der Waals surface area contributed by atoms with Gasteiger partial charge >= 0.3 is 0 Å². The molecule has 0 aliphatic carbocycles. The van der Waals surface area contributed by atoms with Gasteiger partial charge in [0.25, 0.3) is 0 Å². The number of rotatable bonds is 6. The second kappa shape index (κ2) is 9.41. The molecule has 3 rings (SSSR count). The molecule has 1 fully saturated rings. The molecule has 0 radical (unpaired) electrons. The van der Waals surface area contributed by atoms with Crippen LogP contribution in [0.25, 0.3) is 0 Å². The maximum atomic E-state index is 11.5. The smallest absolute Gasteiger partial charge is 0.239 e. The van der Waals surface area contributed by atoms with Crippen molar-refractivity contribution in [1.29, 1.82) is 0 Å². The normalized spacial score (nSPS) is 14.8. The lowest BCUT2D eigenvalue weighted by Gasteiger charge is -2.28. The quantitative estimate of drug-likeness (QED) is 0.589. The monoisotopic (exact) mass is 385 g/mol. The van der Waals surface area contributed by atoms with Gasteiger partial charge in [-0.1, -0.05) is 18.2 Å². The van der Waals surface area contributed by atoms with Crippen molar-refractivity contribution in [2.75, 3.05) is 45.2 Å². The number of benzene rings is 1. The Hall–Kier alpha value is -2.54. The van der Waals surface area contributed by atoms with Gasteiger partial charge in [0.2, 0.25) is 5.91 Å². The zero-order valence-corrected chi connectivity index (χ0v) is 16.8. The number of carbonyl (C=O) groups is 1. The molecular formula is C20H27N5OS. The molecule has 0 saturated carbocycles. The van der Waals surface area contributed by atoms with Gasteiger partial charge in [0.1, 0.15) is 0 Å². The maximum Gasteiger partial charge on any atom is 0.239 e. The topological polar surface area (TPSA) is 60.0 Å². The molecule has 1 aliphatic rings. The maximum absolute atomic E-state index is 11.5. The number of nitrogens with one attached hydrogen (secondary N) is 2. The fourth-order valence-electron chi connectivity index (χ4n) is 3.09. The van der Waals surface area contributed by atoms with E-state index in [0.717, 1.165) is 37.7 Å². The Morgan fingerprint density at radius 1 is 1.33 bits per heavy atom. The minimum atomic E-state index is 0.0846. The molecule has 27 heavy (non-hydrogen) atoms. The van der Waals surface area contributed by atoms with Gasteiger partial charge < -0.3 is 20.4 Å². The first kappa shape index (κ1) is 19.2. The van der Waals surface area contributed by atoms with E-state index < -0.39 is 0 Å². The highest BCUT2D eigenvalue weighted by molar-refractivity contribution is 7.09. The summed E-state index contributed by atoms with van der Waals surface area (Å²) in [5.41, 5.74) is 2.28. The zero-order chi connectivity index (χ0) is 19.1. The van der Waals surface area contributed by atoms with E-state index in [-0.39, 0.29) is 5.91 Å². The number of anilines is 1. The highest BCUT2D eigenvalue weighted by atomic mass is 32.1. The fourth-order valence-corrected chi connectivity index (χ4v) is 3.79. The number of thiophene rings is 1. The molecule has 1 amide bonds. The van der Waals surface area contributed by atoms with E-state index in [9.17, 15) is 4.79 Å². The largest absolute Gasteiger partial charge is 0.360 e. The van der Waals surface area contributed by atoms with Crippen LogP contribution in [0.15, 0.2) is 46.8 Å². The molecule has 0 unspecified atom stereocenters. The summed E-state index contributed by atoms with van der Waals surface area (Å²) in [4.78, 5) is 21.6. The van der Waals surface area contributed by atoms with Crippen LogP contribution in [0, 0.1) is 0 Å². The zero-order valence-electron chi connectivity index (χ0n) is 15.9. The summed E-state index contributed by atoms with van der Waals surface area (Å²) < 4.78 is 0. The number of nitrogens with zero attached hydrogens (tertiary/aromatic N) is 3. The molecule has 0 bridgehead atoms. The fraction of sp³-hybridized carbons (Fsp3) is 0.400. The summed E-state index contributed by atoms with van der Waals surface area (Å²) in [6.45, 7) is 3.63. The molecule has 1 aromatic heterocycles. The first-order chi connectivity index (χ1) is 13.2. The molecule has 0 spiro atoms. The van der Waals surface area contributed by atoms with E-state index in [1.807, 2.05) is 7.05 Å². The molecule has 1 saturated heterocycles. The third kappa shape index (κ3) is 5.47. The number of piperazine rings is 1. The van der Waals surface area contributed by atoms with Crippen molar-refractivity contribution in [3.63, 3.8) is 0 Å². The predicted octanol–water partition coefficient (Wildman–Crippen LogP) is 1.93. The van der Waals surface area contributed by atoms with E-state index in [0.29, 0.717) is 13.1 Å². The second-order valence-electron chi connectivity index (χ2n) is 6.59. The van der Waals surface area contributed by atoms with Crippen molar-refractivity contribution in [1.82, 2.24) is 15.5 Å². The Bertz CT molecular complexity index is 757. The Morgan fingerprint density at radius 3 is 2.81 bits per heavy atom. The Labute approximate surface area is 164 Å². The van der Waals surface area contributed by atoms with Crippen LogP contribution in [0.5, 0.6) is 0 Å². The second-order valence-corrected chi connectivity index (χ2v) is 7.62. The lowest BCUT2D eigenvalue weighted by Crippen LogP contribution is -2.47. The van der Waals surface area contributed by atoms with Crippen LogP contribution in [0.3, 0.4) is 0 Å². The standard InChI is InChI=1S/C20H27N5OS/c1-21-20(24(2)11-9-18-4-3-13-27-18)23-14-16-5-7-17(8-6-16)25-12-10-22-19(26)15-25/h3-8,13H,9-12,14-15H2,1-2H3,(H,21,23)(H,22,26). The van der Waals surface area contributed by atoms with Crippen LogP contribution < -0.4 is 15.5 Å². The van der Waals surface area contributed by atoms with E-state index in [1.54, 1.807) is 11.3 Å². The number of hydrogen-bond acceptors (Lipinski definition) is 4. The highest BCUT2D eigenvalue weighted by Crippen LogP contribution is 2.16. The predicted molar refractivity (Wildman–Crippen MR) is 113 cm³/mol. The van der Waals surface area contributed by atoms with Crippen LogP contribution in [0.4, 0.5) is 5.69 Å². The van der Waals surface area contributed by atoms with Crippen LogP contribution in [0.2, 0.25) is 0 Å². The molecule has 1 aliphatic heterocycles. The van der Waals surface area contributed by atoms with Gasteiger partial charge in [-0.25, -0.2) is 0 Å². The molecule has 2 heterocycles. The van der Waals surface area contributed by atoms with Crippen molar-refractivity contribution in [3.05, 3.63) is 52.2 Å². The third-order valence-corrected chi connectivity index (χ3v) is 5.57. The van der Waals surface area contributed by atoms with Gasteiger partial charge in [0.05, 0.1) is 6.54 Å². The molecule has 6 nitrogen and oxygen atoms in total. The average molecular weight is 386 g/mol. The average Bonchev–Trinajstić information content (AvgIpc) is 3.21. The highest BCUT2D eigenvalue weighted by Gasteiger charge is 2.16. The summed E-state index contributed by atoms with van der Waals surface area (Å²) in [5.74, 6) is 0.977. The summed E-state index contributed by atoms with van der Waals surface area (Å²) in [6, 6.07) is 12.6. The van der Waals surface area contributed by atoms with Crippen LogP contribution in [0.1, 0.15) is 10.4 Å². The minimum Gasteiger partial charge on any atom is -0.360 e. The minimum absolute atomic E-state index is 0.0846. The molecule has 2 aromatic rings. The summed E-state index contributed by atoms with van der Waals surface area (Å²) >= 11 is 1.79. The Kier molecular flexibility index (Phi) is 6.70. The van der Waals surface area contributed by atoms with Crippen molar-refractivity contribution in [3.8, 4) is 0 Å². The number of likely N-dealkylation sites (N-methyl/N-ethyl adjacent to an activating group) is 1. The summed E-state index contributed by atoms with van der Waals surface area (Å²) in [7, 11) is 3.88. The van der Waals surface area contributed by atoms with Crippen LogP contribution in [-0.2, 0) is 17.8 Å². The third-order valence-electron chi connectivity index (χ3n) is 4.64. The van der Waals surface area contributed by atoms with Crippen molar-refractivity contribution in [2.24, 2.45) is 4.99 Å². The first-order valence-electron chi connectivity index (χ1n) is 9.20. The van der Waals surface area contributed by atoms with Gasteiger partial charge in [0, 0.05) is 50.8 Å². The van der Waals surface area contributed by atoms with Crippen molar-refractivity contribution >= 4 is 28.9 Å². The van der Waals surface area contributed by atoms with E-state index >= 15 is 0 Å². The Morgan fingerprint density at radius 2 is 2.15 bits per heavy atom. The molecule has 144 valence electrons. The van der Waals surface area contributed by atoms with Gasteiger partial charge in [-0.2, -0.15) is 0 Å². The number of hydrogen-bond donors (Lipinski definition) is 2. The number of aliphatic imine (C=N–C) groups is 1. The number of carbonyl (C=O) groups excluding carboxylic acids is 1. The first-order valence-corrected chi connectivity index (χ1v) is 10.1. The number of amides is 1. The van der Waals surface area contributed by atoms with Gasteiger partial charge in [0.15, 0.2) is 5.96 Å². The van der Waals surface area contributed by atoms with Crippen LogP contribution >= 0.6 is 11.3 Å². The van der Waals surface area contributed by atoms with Crippen molar-refractivity contribution in [2.45, 2.75) is 13.0 Å². The van der Waals surface area contributed by atoms with E-state index in [4.69, 9.17) is 0 Å². The molecule has 0 atom stereocenters. The van der Waals surface area contributed by atoms with Gasteiger partial charge in [-0.3, -0.25) is 9.79 Å². The molecule has 1 aromatic carbocycles. The summed E-state index contributed by atoms with van der Waals surface area (Å²) in [6.07, 6.45) is 1.02. The van der Waals surface area contributed by atoms with E-state index in [1.165, 1.54) is 10.4 Å². The summed E-state index contributed by atoms with van der Waals surface area (Å²) in [5, 5.41) is 8.39. The Balaban J connectivity index is 1.49. The van der Waals surface area contributed by atoms with E-state index in [2.05, 4.69) is 74.3 Å². The van der Waals surface area contributed by atoms with Crippen molar-refractivity contribution < 1.29 is 4.79 Å². The van der Waals surface area contributed by atoms with Gasteiger partial charge in [-0.05, 0) is 35.6 Å². The molecular weight excluding hydrogens is 358 g/mol. The lowest BCUT2D eigenvalue weighted by atomic mass is 10.2. The molecule has 2 N–H and O–H groups in total. The SMILES string of the molecule is CN=C(NCc1ccc(N2CCNC(=O)C2)cc1)N(C)CCc1cccs1. The van der Waals surface area contributed by atoms with Crippen LogP contribution in [-0.4, -0.2) is 57.0 Å². The number of guanidine groups is 1. The lowest BCUT2D eigenvalue weighted by molar-refractivity contribution is -0.120. The molecule has 7 heteroatoms.